The average Bonchev–Trinajstić information content (AvgIpc) is 2.76. The molecule has 3 heteroatoms. The van der Waals surface area contributed by atoms with E-state index in [9.17, 15) is 4.79 Å². The molecule has 18 heavy (non-hydrogen) atoms. The molecule has 1 unspecified atom stereocenters. The van der Waals surface area contributed by atoms with Crippen LogP contribution in [0.2, 0.25) is 0 Å². The lowest BCUT2D eigenvalue weighted by molar-refractivity contribution is -0.129. The van der Waals surface area contributed by atoms with Gasteiger partial charge in [0.05, 0.1) is 6.42 Å². The van der Waals surface area contributed by atoms with Crippen molar-refractivity contribution in [2.24, 2.45) is 11.1 Å². The van der Waals surface area contributed by atoms with Gasteiger partial charge in [0.2, 0.25) is 5.91 Å². The average molecular weight is 246 g/mol. The van der Waals surface area contributed by atoms with Crippen molar-refractivity contribution in [3.63, 3.8) is 0 Å². The summed E-state index contributed by atoms with van der Waals surface area (Å²) in [4.78, 5) is 14.1. The van der Waals surface area contributed by atoms with E-state index in [1.807, 2.05) is 17.0 Å². The Balaban J connectivity index is 1.95. The van der Waals surface area contributed by atoms with E-state index in [4.69, 9.17) is 5.73 Å². The third kappa shape index (κ3) is 2.91. The van der Waals surface area contributed by atoms with E-state index in [1.54, 1.807) is 0 Å². The van der Waals surface area contributed by atoms with Gasteiger partial charge in [0.15, 0.2) is 0 Å². The second kappa shape index (κ2) is 5.11. The Kier molecular flexibility index (Phi) is 3.71. The topological polar surface area (TPSA) is 46.3 Å². The fraction of sp³-hybridized carbons (Fsp3) is 0.533. The van der Waals surface area contributed by atoms with E-state index >= 15 is 0 Å². The Morgan fingerprint density at radius 2 is 2.06 bits per heavy atom. The summed E-state index contributed by atoms with van der Waals surface area (Å²) in [6.45, 7) is 6.51. The Bertz CT molecular complexity index is 427. The molecule has 3 nitrogen and oxygen atoms in total. The number of hydrogen-bond acceptors (Lipinski definition) is 2. The minimum atomic E-state index is 0.114. The molecular formula is C15H22N2O. The van der Waals surface area contributed by atoms with E-state index in [0.29, 0.717) is 13.0 Å². The zero-order chi connectivity index (χ0) is 13.2. The zero-order valence-corrected chi connectivity index (χ0v) is 11.3. The molecule has 0 radical (unpaired) electrons. The smallest absolute Gasteiger partial charge is 0.227 e. The first-order valence-corrected chi connectivity index (χ1v) is 6.56. The molecule has 98 valence electrons. The van der Waals surface area contributed by atoms with Crippen LogP contribution in [0.1, 0.15) is 24.5 Å². The molecule has 1 fully saturated rings. The van der Waals surface area contributed by atoms with E-state index in [0.717, 1.165) is 25.1 Å². The number of nitrogens with zero attached hydrogens (tertiary/aromatic N) is 1. The summed E-state index contributed by atoms with van der Waals surface area (Å²) in [5.41, 5.74) is 8.19. The maximum absolute atomic E-state index is 12.2. The van der Waals surface area contributed by atoms with Gasteiger partial charge in [0.25, 0.3) is 0 Å². The molecule has 1 aliphatic heterocycles. The van der Waals surface area contributed by atoms with Crippen LogP contribution in [0.3, 0.4) is 0 Å². The lowest BCUT2D eigenvalue weighted by Crippen LogP contribution is -2.35. The highest BCUT2D eigenvalue weighted by atomic mass is 16.2. The molecule has 1 saturated heterocycles. The first-order valence-electron chi connectivity index (χ1n) is 6.56. The van der Waals surface area contributed by atoms with Crippen LogP contribution < -0.4 is 5.73 Å². The van der Waals surface area contributed by atoms with Crippen molar-refractivity contribution in [3.05, 3.63) is 35.4 Å². The molecule has 0 saturated carbocycles. The van der Waals surface area contributed by atoms with Gasteiger partial charge in [-0.05, 0) is 30.9 Å². The summed E-state index contributed by atoms with van der Waals surface area (Å²) >= 11 is 0. The number of amides is 1. The van der Waals surface area contributed by atoms with Crippen LogP contribution in [0.4, 0.5) is 0 Å². The summed E-state index contributed by atoms with van der Waals surface area (Å²) in [5.74, 6) is 0.219. The highest BCUT2D eigenvalue weighted by Crippen LogP contribution is 2.28. The lowest BCUT2D eigenvalue weighted by atomic mass is 9.90. The second-order valence-corrected chi connectivity index (χ2v) is 5.74. The van der Waals surface area contributed by atoms with Gasteiger partial charge in [-0.15, -0.1) is 0 Å². The molecule has 0 aromatic heterocycles. The Hall–Kier alpha value is -1.35. The molecule has 1 amide bonds. The number of rotatable bonds is 3. The molecular weight excluding hydrogens is 224 g/mol. The number of likely N-dealkylation sites (tertiary alicyclic amines) is 1. The van der Waals surface area contributed by atoms with Crippen molar-refractivity contribution in [2.45, 2.75) is 26.7 Å². The first kappa shape index (κ1) is 13.1. The van der Waals surface area contributed by atoms with Crippen LogP contribution in [-0.2, 0) is 11.2 Å². The van der Waals surface area contributed by atoms with Crippen molar-refractivity contribution in [1.82, 2.24) is 4.90 Å². The molecule has 0 aliphatic carbocycles. The predicted molar refractivity (Wildman–Crippen MR) is 73.2 cm³/mol. The van der Waals surface area contributed by atoms with Gasteiger partial charge in [-0.2, -0.15) is 0 Å². The lowest BCUT2D eigenvalue weighted by Gasteiger charge is -2.22. The summed E-state index contributed by atoms with van der Waals surface area (Å²) < 4.78 is 0. The third-order valence-electron chi connectivity index (χ3n) is 3.88. The summed E-state index contributed by atoms with van der Waals surface area (Å²) in [7, 11) is 0. The van der Waals surface area contributed by atoms with E-state index in [2.05, 4.69) is 26.0 Å². The fourth-order valence-corrected chi connectivity index (χ4v) is 2.40. The van der Waals surface area contributed by atoms with Crippen LogP contribution in [0.25, 0.3) is 0 Å². The van der Waals surface area contributed by atoms with Gasteiger partial charge in [-0.3, -0.25) is 4.79 Å². The van der Waals surface area contributed by atoms with Gasteiger partial charge in [0.1, 0.15) is 0 Å². The van der Waals surface area contributed by atoms with Crippen molar-refractivity contribution in [1.29, 1.82) is 0 Å². The van der Waals surface area contributed by atoms with Crippen molar-refractivity contribution >= 4 is 5.91 Å². The van der Waals surface area contributed by atoms with Crippen LogP contribution in [-0.4, -0.2) is 30.4 Å². The van der Waals surface area contributed by atoms with Crippen LogP contribution >= 0.6 is 0 Å². The molecule has 0 bridgehead atoms. The fourth-order valence-electron chi connectivity index (χ4n) is 2.40. The standard InChI is InChI=1S/C15H22N2O/c1-12-3-5-13(6-4-12)9-14(18)17-8-7-15(2,10-16)11-17/h3-6H,7-11,16H2,1-2H3. The number of benzene rings is 1. The molecule has 1 aromatic rings. The number of carbonyl (C=O) groups excluding carboxylic acids is 1. The molecule has 1 heterocycles. The van der Waals surface area contributed by atoms with Crippen LogP contribution in [0.5, 0.6) is 0 Å². The van der Waals surface area contributed by atoms with E-state index in [1.165, 1.54) is 5.56 Å². The number of hydrogen-bond donors (Lipinski definition) is 1. The zero-order valence-electron chi connectivity index (χ0n) is 11.3. The minimum Gasteiger partial charge on any atom is -0.342 e. The Labute approximate surface area is 109 Å². The van der Waals surface area contributed by atoms with Gasteiger partial charge in [0, 0.05) is 13.1 Å². The SMILES string of the molecule is Cc1ccc(CC(=O)N2CCC(C)(CN)C2)cc1. The maximum atomic E-state index is 12.2. The normalized spacial score (nSPS) is 23.4. The van der Waals surface area contributed by atoms with Crippen molar-refractivity contribution < 1.29 is 4.79 Å². The van der Waals surface area contributed by atoms with Crippen LogP contribution in [0, 0.1) is 12.3 Å². The molecule has 1 aliphatic rings. The number of carbonyl (C=O) groups is 1. The molecule has 2 rings (SSSR count). The highest BCUT2D eigenvalue weighted by molar-refractivity contribution is 5.79. The van der Waals surface area contributed by atoms with Crippen LogP contribution in [0.15, 0.2) is 24.3 Å². The Morgan fingerprint density at radius 1 is 1.39 bits per heavy atom. The van der Waals surface area contributed by atoms with Gasteiger partial charge in [-0.1, -0.05) is 36.8 Å². The highest BCUT2D eigenvalue weighted by Gasteiger charge is 2.34. The second-order valence-electron chi connectivity index (χ2n) is 5.74. The minimum absolute atomic E-state index is 0.114. The predicted octanol–water partition coefficient (Wildman–Crippen LogP) is 1.73. The molecule has 0 spiro atoms. The Morgan fingerprint density at radius 3 is 2.61 bits per heavy atom. The monoisotopic (exact) mass is 246 g/mol. The first-order chi connectivity index (χ1) is 8.52. The summed E-state index contributed by atoms with van der Waals surface area (Å²) in [6.07, 6.45) is 1.52. The molecule has 1 aromatic carbocycles. The molecule has 2 N–H and O–H groups in total. The van der Waals surface area contributed by atoms with Gasteiger partial charge < -0.3 is 10.6 Å². The number of aryl methyl sites for hydroxylation is 1. The quantitative estimate of drug-likeness (QED) is 0.883. The van der Waals surface area contributed by atoms with Gasteiger partial charge in [-0.25, -0.2) is 0 Å². The van der Waals surface area contributed by atoms with E-state index in [-0.39, 0.29) is 11.3 Å². The van der Waals surface area contributed by atoms with Gasteiger partial charge >= 0.3 is 0 Å². The molecule has 1 atom stereocenters. The van der Waals surface area contributed by atoms with E-state index < -0.39 is 0 Å². The van der Waals surface area contributed by atoms with Crippen molar-refractivity contribution in [2.75, 3.05) is 19.6 Å². The maximum Gasteiger partial charge on any atom is 0.227 e. The van der Waals surface area contributed by atoms with Crippen molar-refractivity contribution in [3.8, 4) is 0 Å². The third-order valence-corrected chi connectivity index (χ3v) is 3.88. The largest absolute Gasteiger partial charge is 0.342 e. The summed E-state index contributed by atoms with van der Waals surface area (Å²) in [5, 5.41) is 0. The number of nitrogens with two attached hydrogens (primary N) is 1. The summed E-state index contributed by atoms with van der Waals surface area (Å²) in [6, 6.07) is 8.17.